The van der Waals surface area contributed by atoms with Gasteiger partial charge in [-0.1, -0.05) is 5.16 Å². The molecule has 0 aromatic carbocycles. The minimum atomic E-state index is -0.313. The van der Waals surface area contributed by atoms with Crippen LogP contribution in [0.2, 0.25) is 0 Å². The fraction of sp³-hybridized carbons (Fsp3) is 0.444. The van der Waals surface area contributed by atoms with Gasteiger partial charge in [0.1, 0.15) is 0 Å². The SMILES string of the molecule is NC(=NO)C1CCCN1C(=O)c1cn[nH]c1. The van der Waals surface area contributed by atoms with Crippen LogP contribution in [0.3, 0.4) is 0 Å². The van der Waals surface area contributed by atoms with Crippen molar-refractivity contribution in [2.75, 3.05) is 6.54 Å². The van der Waals surface area contributed by atoms with Gasteiger partial charge in [-0.15, -0.1) is 0 Å². The van der Waals surface area contributed by atoms with Gasteiger partial charge in [0.05, 0.1) is 17.8 Å². The maximum atomic E-state index is 12.0. The van der Waals surface area contributed by atoms with Crippen LogP contribution in [0.25, 0.3) is 0 Å². The maximum Gasteiger partial charge on any atom is 0.257 e. The lowest BCUT2D eigenvalue weighted by atomic mass is 10.2. The summed E-state index contributed by atoms with van der Waals surface area (Å²) in [6.07, 6.45) is 4.57. The summed E-state index contributed by atoms with van der Waals surface area (Å²) < 4.78 is 0. The normalized spacial score (nSPS) is 21.4. The van der Waals surface area contributed by atoms with Crippen molar-refractivity contribution in [1.82, 2.24) is 15.1 Å². The first-order valence-electron chi connectivity index (χ1n) is 5.01. The average molecular weight is 223 g/mol. The number of nitrogens with zero attached hydrogens (tertiary/aromatic N) is 3. The van der Waals surface area contributed by atoms with Gasteiger partial charge < -0.3 is 15.8 Å². The highest BCUT2D eigenvalue weighted by Crippen LogP contribution is 2.19. The molecule has 0 spiro atoms. The molecule has 1 fully saturated rings. The van der Waals surface area contributed by atoms with Crippen molar-refractivity contribution in [2.24, 2.45) is 10.9 Å². The molecular formula is C9H13N5O2. The zero-order chi connectivity index (χ0) is 11.5. The van der Waals surface area contributed by atoms with E-state index >= 15 is 0 Å². The van der Waals surface area contributed by atoms with Gasteiger partial charge >= 0.3 is 0 Å². The summed E-state index contributed by atoms with van der Waals surface area (Å²) in [5, 5.41) is 17.9. The molecule has 16 heavy (non-hydrogen) atoms. The minimum absolute atomic E-state index is 0.0781. The van der Waals surface area contributed by atoms with Gasteiger partial charge in [-0.3, -0.25) is 9.89 Å². The number of H-pyrrole nitrogens is 1. The molecule has 86 valence electrons. The molecule has 7 nitrogen and oxygen atoms in total. The molecule has 0 radical (unpaired) electrons. The summed E-state index contributed by atoms with van der Waals surface area (Å²) in [6, 6.07) is -0.313. The summed E-state index contributed by atoms with van der Waals surface area (Å²) in [5.41, 5.74) is 6.03. The third-order valence-electron chi connectivity index (χ3n) is 2.72. The molecule has 1 aliphatic rings. The van der Waals surface area contributed by atoms with Crippen molar-refractivity contribution >= 4 is 11.7 Å². The summed E-state index contributed by atoms with van der Waals surface area (Å²) >= 11 is 0. The van der Waals surface area contributed by atoms with Crippen LogP contribution in [0.1, 0.15) is 23.2 Å². The van der Waals surface area contributed by atoms with Gasteiger partial charge in [-0.05, 0) is 12.8 Å². The van der Waals surface area contributed by atoms with Gasteiger partial charge in [-0.2, -0.15) is 5.10 Å². The molecule has 1 aliphatic heterocycles. The van der Waals surface area contributed by atoms with Gasteiger partial charge in [0.15, 0.2) is 5.84 Å². The van der Waals surface area contributed by atoms with E-state index < -0.39 is 0 Å². The second-order valence-electron chi connectivity index (χ2n) is 3.67. The van der Waals surface area contributed by atoms with E-state index in [0.717, 1.165) is 12.8 Å². The molecule has 2 rings (SSSR count). The lowest BCUT2D eigenvalue weighted by Gasteiger charge is -2.22. The lowest BCUT2D eigenvalue weighted by Crippen LogP contribution is -2.43. The maximum absolute atomic E-state index is 12.0. The molecule has 7 heteroatoms. The van der Waals surface area contributed by atoms with E-state index in [1.54, 1.807) is 4.90 Å². The first-order chi connectivity index (χ1) is 7.74. The van der Waals surface area contributed by atoms with E-state index in [0.29, 0.717) is 12.1 Å². The van der Waals surface area contributed by atoms with Crippen molar-refractivity contribution in [2.45, 2.75) is 18.9 Å². The Kier molecular flexibility index (Phi) is 2.76. The van der Waals surface area contributed by atoms with Crippen LogP contribution in [0.4, 0.5) is 0 Å². The number of amidine groups is 1. The standard InChI is InChI=1S/C9H13N5O2/c10-8(13-16)7-2-1-3-14(7)9(15)6-4-11-12-5-6/h4-5,7,16H,1-3H2,(H2,10,13)(H,11,12). The summed E-state index contributed by atoms with van der Waals surface area (Å²) in [4.78, 5) is 13.6. The predicted molar refractivity (Wildman–Crippen MR) is 56.1 cm³/mol. The van der Waals surface area contributed by atoms with E-state index in [2.05, 4.69) is 15.4 Å². The van der Waals surface area contributed by atoms with Gasteiger partial charge in [0.2, 0.25) is 0 Å². The van der Waals surface area contributed by atoms with Crippen molar-refractivity contribution in [3.63, 3.8) is 0 Å². The van der Waals surface area contributed by atoms with Crippen molar-refractivity contribution in [1.29, 1.82) is 0 Å². The van der Waals surface area contributed by atoms with Crippen molar-refractivity contribution in [3.8, 4) is 0 Å². The predicted octanol–water partition coefficient (Wildman–Crippen LogP) is -0.239. The van der Waals surface area contributed by atoms with E-state index in [1.165, 1.54) is 12.4 Å². The number of hydrogen-bond acceptors (Lipinski definition) is 4. The number of hydrogen-bond donors (Lipinski definition) is 3. The number of carbonyl (C=O) groups excluding carboxylic acids is 1. The first-order valence-corrected chi connectivity index (χ1v) is 5.01. The molecular weight excluding hydrogens is 210 g/mol. The van der Waals surface area contributed by atoms with E-state index in [1.807, 2.05) is 0 Å². The fourth-order valence-corrected chi connectivity index (χ4v) is 1.92. The summed E-state index contributed by atoms with van der Waals surface area (Å²) in [6.45, 7) is 0.616. The number of nitrogens with two attached hydrogens (primary N) is 1. The fourth-order valence-electron chi connectivity index (χ4n) is 1.92. The molecule has 1 aromatic rings. The highest BCUT2D eigenvalue weighted by molar-refractivity contribution is 5.98. The molecule has 1 aromatic heterocycles. The zero-order valence-electron chi connectivity index (χ0n) is 8.63. The molecule has 1 atom stereocenters. The van der Waals surface area contributed by atoms with Gasteiger partial charge in [0.25, 0.3) is 5.91 Å². The van der Waals surface area contributed by atoms with Crippen LogP contribution in [-0.4, -0.2) is 44.6 Å². The molecule has 1 saturated heterocycles. The number of nitrogens with one attached hydrogen (secondary N) is 1. The van der Waals surface area contributed by atoms with Gasteiger partial charge in [0, 0.05) is 12.7 Å². The van der Waals surface area contributed by atoms with E-state index in [4.69, 9.17) is 10.9 Å². The Morgan fingerprint density at radius 1 is 1.75 bits per heavy atom. The Labute approximate surface area is 91.9 Å². The molecule has 2 heterocycles. The number of likely N-dealkylation sites (tertiary alicyclic amines) is 1. The molecule has 0 saturated carbocycles. The minimum Gasteiger partial charge on any atom is -0.409 e. The Bertz CT molecular complexity index is 400. The third-order valence-corrected chi connectivity index (χ3v) is 2.72. The topological polar surface area (TPSA) is 108 Å². The van der Waals surface area contributed by atoms with Crippen LogP contribution in [-0.2, 0) is 0 Å². The lowest BCUT2D eigenvalue weighted by molar-refractivity contribution is 0.0768. The average Bonchev–Trinajstić information content (AvgIpc) is 2.97. The number of aromatic amines is 1. The Hall–Kier alpha value is -2.05. The molecule has 1 unspecified atom stereocenters. The van der Waals surface area contributed by atoms with E-state index in [9.17, 15) is 4.79 Å². The number of oxime groups is 1. The Morgan fingerprint density at radius 2 is 2.56 bits per heavy atom. The quantitative estimate of drug-likeness (QED) is 0.278. The molecule has 0 bridgehead atoms. The van der Waals surface area contributed by atoms with Crippen molar-refractivity contribution < 1.29 is 10.0 Å². The molecule has 4 N–H and O–H groups in total. The monoisotopic (exact) mass is 223 g/mol. The van der Waals surface area contributed by atoms with Crippen LogP contribution in [0.15, 0.2) is 17.5 Å². The zero-order valence-corrected chi connectivity index (χ0v) is 8.63. The van der Waals surface area contributed by atoms with E-state index in [-0.39, 0.29) is 17.8 Å². The van der Waals surface area contributed by atoms with Crippen LogP contribution in [0.5, 0.6) is 0 Å². The van der Waals surface area contributed by atoms with Crippen molar-refractivity contribution in [3.05, 3.63) is 18.0 Å². The largest absolute Gasteiger partial charge is 0.409 e. The number of amides is 1. The number of aromatic nitrogens is 2. The van der Waals surface area contributed by atoms with Crippen LogP contribution < -0.4 is 5.73 Å². The van der Waals surface area contributed by atoms with Gasteiger partial charge in [-0.25, -0.2) is 0 Å². The van der Waals surface area contributed by atoms with Crippen LogP contribution in [0, 0.1) is 0 Å². The van der Waals surface area contributed by atoms with Crippen LogP contribution >= 0.6 is 0 Å². The summed E-state index contributed by atoms with van der Waals surface area (Å²) in [5.74, 6) is -0.0720. The second kappa shape index (κ2) is 4.21. The molecule has 0 aliphatic carbocycles. The Morgan fingerprint density at radius 3 is 3.19 bits per heavy atom. The Balaban J connectivity index is 2.18. The molecule has 1 amide bonds. The number of rotatable bonds is 2. The first kappa shape index (κ1) is 10.5. The highest BCUT2D eigenvalue weighted by atomic mass is 16.4. The smallest absolute Gasteiger partial charge is 0.257 e. The third kappa shape index (κ3) is 1.71. The summed E-state index contributed by atoms with van der Waals surface area (Å²) in [7, 11) is 0. The number of carbonyl (C=O) groups is 1. The highest BCUT2D eigenvalue weighted by Gasteiger charge is 2.32. The second-order valence-corrected chi connectivity index (χ2v) is 3.67.